The summed E-state index contributed by atoms with van der Waals surface area (Å²) in [7, 11) is 2.06. The fraction of sp³-hybridized carbons (Fsp3) is 0.200. The molecule has 0 amide bonds. The molecular formula is C15H19BrN4. The monoisotopic (exact) mass is 334 g/mol. The molecule has 0 radical (unpaired) electrons. The second kappa shape index (κ2) is 5.93. The van der Waals surface area contributed by atoms with Crippen LogP contribution in [0.1, 0.15) is 12.5 Å². The number of hydrazine groups is 2. The largest absolute Gasteiger partial charge is 1.00 e. The van der Waals surface area contributed by atoms with Crippen molar-refractivity contribution < 1.29 is 22.4 Å². The van der Waals surface area contributed by atoms with Gasteiger partial charge in [-0.1, -0.05) is 48.5 Å². The molecule has 20 heavy (non-hydrogen) atoms. The minimum absolute atomic E-state index is 0. The van der Waals surface area contributed by atoms with Crippen molar-refractivity contribution in [2.24, 2.45) is 0 Å². The van der Waals surface area contributed by atoms with Gasteiger partial charge < -0.3 is 17.0 Å². The van der Waals surface area contributed by atoms with Crippen LogP contribution in [0.3, 0.4) is 0 Å². The van der Waals surface area contributed by atoms with Crippen molar-refractivity contribution in [3.63, 3.8) is 0 Å². The van der Waals surface area contributed by atoms with Gasteiger partial charge in [-0.3, -0.25) is 0 Å². The number of nitrogens with zero attached hydrogens (tertiary/aromatic N) is 2. The van der Waals surface area contributed by atoms with Gasteiger partial charge in [-0.25, -0.2) is 5.43 Å². The van der Waals surface area contributed by atoms with Crippen LogP contribution in [0.2, 0.25) is 0 Å². The van der Waals surface area contributed by atoms with Crippen LogP contribution in [0.5, 0.6) is 0 Å². The number of hydrogen-bond acceptors (Lipinski definition) is 3. The molecule has 0 spiro atoms. The molecule has 3 rings (SSSR count). The summed E-state index contributed by atoms with van der Waals surface area (Å²) < 4.78 is 0. The van der Waals surface area contributed by atoms with Crippen molar-refractivity contribution in [1.29, 1.82) is 0 Å². The Labute approximate surface area is 130 Å². The molecule has 0 aromatic heterocycles. The first-order valence-corrected chi connectivity index (χ1v) is 6.46. The smallest absolute Gasteiger partial charge is 0.213 e. The summed E-state index contributed by atoms with van der Waals surface area (Å²) in [6, 6.07) is 20.8. The summed E-state index contributed by atoms with van der Waals surface area (Å²) in [5, 5.41) is 4.18. The number of rotatable bonds is 2. The summed E-state index contributed by atoms with van der Waals surface area (Å²) in [5.74, 6) is 0. The zero-order valence-electron chi connectivity index (χ0n) is 11.6. The van der Waals surface area contributed by atoms with Gasteiger partial charge in [-0.05, 0) is 12.1 Å². The number of nitrogens with two attached hydrogens (primary N) is 1. The zero-order valence-corrected chi connectivity index (χ0v) is 13.2. The maximum atomic E-state index is 3.37. The lowest BCUT2D eigenvalue weighted by Gasteiger charge is -2.25. The Morgan fingerprint density at radius 1 is 0.950 bits per heavy atom. The number of nitrogens with one attached hydrogen (secondary N) is 1. The van der Waals surface area contributed by atoms with Gasteiger partial charge in [0.25, 0.3) is 0 Å². The Morgan fingerprint density at radius 2 is 1.50 bits per heavy atom. The van der Waals surface area contributed by atoms with Gasteiger partial charge in [0.05, 0.1) is 0 Å². The van der Waals surface area contributed by atoms with Crippen LogP contribution in [0.15, 0.2) is 60.7 Å². The van der Waals surface area contributed by atoms with E-state index in [0.29, 0.717) is 0 Å². The number of anilines is 1. The lowest BCUT2D eigenvalue weighted by Crippen LogP contribution is -3.00. The van der Waals surface area contributed by atoms with Gasteiger partial charge in [0.1, 0.15) is 5.69 Å². The predicted molar refractivity (Wildman–Crippen MR) is 75.5 cm³/mol. The first-order valence-electron chi connectivity index (χ1n) is 6.46. The topological polar surface area (TPSA) is 35.1 Å². The Balaban J connectivity index is 0.00000147. The third kappa shape index (κ3) is 2.58. The van der Waals surface area contributed by atoms with Crippen molar-refractivity contribution in [2.75, 3.05) is 12.2 Å². The first kappa shape index (κ1) is 15.0. The van der Waals surface area contributed by atoms with E-state index in [1.54, 1.807) is 0 Å². The molecule has 2 aromatic rings. The molecule has 1 saturated heterocycles. The quantitative estimate of drug-likeness (QED) is 0.637. The molecule has 1 aliphatic rings. The summed E-state index contributed by atoms with van der Waals surface area (Å²) in [4.78, 5) is 0. The summed E-state index contributed by atoms with van der Waals surface area (Å²) >= 11 is 0. The Hall–Kier alpha value is -1.40. The number of hydrogen-bond donors (Lipinski definition) is 2. The van der Waals surface area contributed by atoms with Crippen LogP contribution in [0.4, 0.5) is 5.69 Å². The van der Waals surface area contributed by atoms with Crippen LogP contribution in [-0.4, -0.2) is 12.1 Å². The number of quaternary nitrogens is 1. The van der Waals surface area contributed by atoms with Gasteiger partial charge in [0.15, 0.2) is 0 Å². The van der Waals surface area contributed by atoms with E-state index in [-0.39, 0.29) is 22.6 Å². The van der Waals surface area contributed by atoms with Crippen LogP contribution >= 0.6 is 0 Å². The highest BCUT2D eigenvalue weighted by atomic mass is 79.9. The van der Waals surface area contributed by atoms with Gasteiger partial charge in [0, 0.05) is 19.5 Å². The molecule has 1 aliphatic heterocycles. The van der Waals surface area contributed by atoms with Crippen molar-refractivity contribution >= 4 is 5.69 Å². The third-order valence-electron chi connectivity index (χ3n) is 3.73. The molecule has 4 nitrogen and oxygen atoms in total. The van der Waals surface area contributed by atoms with Crippen molar-refractivity contribution in [1.82, 2.24) is 10.5 Å². The highest BCUT2D eigenvalue weighted by Crippen LogP contribution is 2.22. The average molecular weight is 335 g/mol. The summed E-state index contributed by atoms with van der Waals surface area (Å²) in [6.07, 6.45) is 0. The number of benzene rings is 2. The summed E-state index contributed by atoms with van der Waals surface area (Å²) in [6.45, 7) is 2.21. The van der Waals surface area contributed by atoms with Crippen molar-refractivity contribution in [2.45, 2.75) is 12.6 Å². The molecule has 1 fully saturated rings. The standard InChI is InChI=1S/C15H18N4.BrH/c1-15(13-9-5-3-6-10-13)16-19(17-18(15)2)14-11-7-4-8-12-14;/h3-12,16-17H,1-2H3;1H. The van der Waals surface area contributed by atoms with Gasteiger partial charge >= 0.3 is 0 Å². The number of para-hydroxylation sites is 1. The predicted octanol–water partition coefficient (Wildman–Crippen LogP) is -1.79. The van der Waals surface area contributed by atoms with Gasteiger partial charge in [-0.15, -0.1) is 10.7 Å². The summed E-state index contributed by atoms with van der Waals surface area (Å²) in [5.41, 5.74) is 7.82. The molecule has 106 valence electrons. The lowest BCUT2D eigenvalue weighted by atomic mass is 10.0. The van der Waals surface area contributed by atoms with Gasteiger partial charge in [-0.2, -0.15) is 5.01 Å². The van der Waals surface area contributed by atoms with Crippen molar-refractivity contribution in [3.05, 3.63) is 66.2 Å². The second-order valence-electron chi connectivity index (χ2n) is 5.01. The number of halogens is 1. The Bertz CT molecular complexity index is 548. The molecule has 0 saturated carbocycles. The minimum atomic E-state index is -0.156. The van der Waals surface area contributed by atoms with E-state index >= 15 is 0 Å². The lowest BCUT2D eigenvalue weighted by molar-refractivity contribution is -0.737. The van der Waals surface area contributed by atoms with Gasteiger partial charge in [0.2, 0.25) is 5.66 Å². The molecular weight excluding hydrogens is 316 g/mol. The van der Waals surface area contributed by atoms with Crippen LogP contribution < -0.4 is 33.1 Å². The van der Waals surface area contributed by atoms with Crippen LogP contribution in [0, 0.1) is 0 Å². The maximum Gasteiger partial charge on any atom is 0.213 e. The highest BCUT2D eigenvalue weighted by molar-refractivity contribution is 5.42. The molecule has 0 aliphatic carbocycles. The third-order valence-corrected chi connectivity index (χ3v) is 3.73. The van der Waals surface area contributed by atoms with E-state index in [0.717, 1.165) is 5.69 Å². The average Bonchev–Trinajstić information content (AvgIpc) is 2.78. The molecule has 5 heteroatoms. The molecule has 3 N–H and O–H groups in total. The second-order valence-corrected chi connectivity index (χ2v) is 5.01. The normalized spacial score (nSPS) is 22.6. The molecule has 2 aromatic carbocycles. The van der Waals surface area contributed by atoms with Crippen LogP contribution in [-0.2, 0) is 5.66 Å². The van der Waals surface area contributed by atoms with E-state index in [4.69, 9.17) is 0 Å². The van der Waals surface area contributed by atoms with Crippen molar-refractivity contribution in [3.8, 4) is 0 Å². The Kier molecular flexibility index (Phi) is 4.45. The van der Waals surface area contributed by atoms with E-state index in [9.17, 15) is 0 Å². The molecule has 0 bridgehead atoms. The maximum absolute atomic E-state index is 3.37. The van der Waals surface area contributed by atoms with E-state index in [1.807, 2.05) is 24.3 Å². The van der Waals surface area contributed by atoms with E-state index in [1.165, 1.54) is 5.56 Å². The highest BCUT2D eigenvalue weighted by Gasteiger charge is 2.44. The zero-order chi connectivity index (χ0) is 13.3. The molecule has 1 unspecified atom stereocenters. The molecule has 1 heterocycles. The molecule has 1 atom stereocenters. The minimum Gasteiger partial charge on any atom is -1.00 e. The SMILES string of the molecule is CN1NN(c2ccccc2)[NH2+]C1(C)c1ccccc1.[Br-]. The Morgan fingerprint density at radius 3 is 2.10 bits per heavy atom. The van der Waals surface area contributed by atoms with E-state index in [2.05, 4.69) is 71.5 Å². The fourth-order valence-electron chi connectivity index (χ4n) is 2.40. The van der Waals surface area contributed by atoms with Crippen LogP contribution in [0.25, 0.3) is 0 Å². The first-order chi connectivity index (χ1) is 9.20. The van der Waals surface area contributed by atoms with E-state index < -0.39 is 0 Å². The fourth-order valence-corrected chi connectivity index (χ4v) is 2.40.